The van der Waals surface area contributed by atoms with E-state index in [0.29, 0.717) is 11.7 Å². The van der Waals surface area contributed by atoms with Crippen LogP contribution in [-0.4, -0.2) is 36.0 Å². The molecule has 25 heavy (non-hydrogen) atoms. The number of halogens is 3. The highest BCUT2D eigenvalue weighted by atomic mass is 35.5. The normalized spacial score (nSPS) is 14.8. The van der Waals surface area contributed by atoms with Gasteiger partial charge in [0.2, 0.25) is 0 Å². The molecule has 1 aromatic heterocycles. The smallest absolute Gasteiger partial charge is 0.314 e. The quantitative estimate of drug-likeness (QED) is 0.740. The highest BCUT2D eigenvalue weighted by Crippen LogP contribution is 2.18. The van der Waals surface area contributed by atoms with Gasteiger partial charge in [0.05, 0.1) is 17.6 Å². The van der Waals surface area contributed by atoms with Crippen LogP contribution in [0, 0.1) is 0 Å². The van der Waals surface area contributed by atoms with Gasteiger partial charge >= 0.3 is 10.2 Å². The first-order chi connectivity index (χ1) is 11.0. The zero-order chi connectivity index (χ0) is 16.3. The van der Waals surface area contributed by atoms with Crippen molar-refractivity contribution in [3.63, 3.8) is 0 Å². The molecule has 3 rings (SSSR count). The molecule has 0 spiro atoms. The van der Waals surface area contributed by atoms with E-state index in [1.165, 1.54) is 48.6 Å². The summed E-state index contributed by atoms with van der Waals surface area (Å²) in [4.78, 5) is -0.380. The van der Waals surface area contributed by atoms with Gasteiger partial charge in [0.15, 0.2) is 0 Å². The van der Waals surface area contributed by atoms with E-state index in [-0.39, 0.29) is 29.7 Å². The van der Waals surface area contributed by atoms with Gasteiger partial charge in [0.25, 0.3) is 0 Å². The van der Waals surface area contributed by atoms with Crippen LogP contribution in [0.15, 0.2) is 35.4 Å². The van der Waals surface area contributed by atoms with Crippen LogP contribution in [0.1, 0.15) is 31.4 Å². The predicted octanol–water partition coefficient (Wildman–Crippen LogP) is 2.84. The summed E-state index contributed by atoms with van der Waals surface area (Å²) in [5.74, 6) is 0. The maximum atomic E-state index is 13.1. The Morgan fingerprint density at radius 3 is 2.64 bits per heavy atom. The van der Waals surface area contributed by atoms with Gasteiger partial charge in [0, 0.05) is 19.0 Å². The van der Waals surface area contributed by atoms with Gasteiger partial charge < -0.3 is 5.32 Å². The average molecular weight is 411 g/mol. The molecular formula is C15H21Cl2FN4O2S. The van der Waals surface area contributed by atoms with Crippen molar-refractivity contribution in [3.8, 4) is 5.69 Å². The third-order valence-corrected chi connectivity index (χ3v) is 4.89. The molecule has 0 saturated heterocycles. The summed E-state index contributed by atoms with van der Waals surface area (Å²) in [6, 6.07) is 6.19. The fourth-order valence-electron chi connectivity index (χ4n) is 2.85. The zero-order valence-corrected chi connectivity index (χ0v) is 15.9. The summed E-state index contributed by atoms with van der Waals surface area (Å²) in [5.41, 5.74) is 1.27. The predicted molar refractivity (Wildman–Crippen MR) is 98.1 cm³/mol. The third-order valence-electron chi connectivity index (χ3n) is 4.07. The van der Waals surface area contributed by atoms with E-state index in [9.17, 15) is 12.3 Å². The van der Waals surface area contributed by atoms with Crippen LogP contribution >= 0.6 is 24.8 Å². The second-order valence-electron chi connectivity index (χ2n) is 5.78. The molecule has 1 fully saturated rings. The SMILES string of the molecule is Cl.Cl.O=S(=O)(F)c1cccc(-n2cc(CCNC3CCCC3)nn2)c1. The number of aromatic nitrogens is 3. The summed E-state index contributed by atoms with van der Waals surface area (Å²) >= 11 is 0. The van der Waals surface area contributed by atoms with Gasteiger partial charge in [-0.15, -0.1) is 33.8 Å². The lowest BCUT2D eigenvalue weighted by Crippen LogP contribution is -2.28. The molecule has 0 aliphatic heterocycles. The molecule has 2 aromatic rings. The molecule has 1 N–H and O–H groups in total. The van der Waals surface area contributed by atoms with E-state index in [4.69, 9.17) is 0 Å². The number of nitrogens with zero attached hydrogens (tertiary/aromatic N) is 3. The molecular weight excluding hydrogens is 390 g/mol. The minimum atomic E-state index is -4.72. The Bertz CT molecular complexity index is 779. The number of hydrogen-bond acceptors (Lipinski definition) is 5. The Morgan fingerprint density at radius 1 is 1.24 bits per heavy atom. The maximum Gasteiger partial charge on any atom is 0.332 e. The zero-order valence-electron chi connectivity index (χ0n) is 13.5. The Morgan fingerprint density at radius 2 is 1.96 bits per heavy atom. The van der Waals surface area contributed by atoms with Crippen LogP contribution in [0.2, 0.25) is 0 Å². The highest BCUT2D eigenvalue weighted by Gasteiger charge is 2.15. The fraction of sp³-hybridized carbons (Fsp3) is 0.467. The lowest BCUT2D eigenvalue weighted by atomic mass is 10.2. The van der Waals surface area contributed by atoms with E-state index in [0.717, 1.165) is 18.7 Å². The first-order valence-corrected chi connectivity index (χ1v) is 9.10. The van der Waals surface area contributed by atoms with Gasteiger partial charge in [-0.1, -0.05) is 24.1 Å². The molecule has 0 radical (unpaired) electrons. The molecule has 1 aliphatic carbocycles. The van der Waals surface area contributed by atoms with Gasteiger partial charge in [-0.3, -0.25) is 0 Å². The van der Waals surface area contributed by atoms with Gasteiger partial charge in [-0.2, -0.15) is 8.42 Å². The summed E-state index contributed by atoms with van der Waals surface area (Å²) in [6.45, 7) is 0.836. The summed E-state index contributed by atoms with van der Waals surface area (Å²) in [6.07, 6.45) is 7.54. The van der Waals surface area contributed by atoms with Crippen molar-refractivity contribution in [2.24, 2.45) is 0 Å². The second-order valence-corrected chi connectivity index (χ2v) is 7.12. The first kappa shape index (κ1) is 21.8. The number of benzene rings is 1. The standard InChI is InChI=1S/C15H19FN4O2S.2ClH/c16-23(21,22)15-7-3-6-14(10-15)20-11-13(18-19-20)8-9-17-12-4-1-2-5-12;;/h3,6-7,10-12,17H,1-2,4-5,8-9H2;2*1H. The van der Waals surface area contributed by atoms with E-state index in [1.54, 1.807) is 12.3 Å². The second kappa shape index (κ2) is 9.47. The number of nitrogens with one attached hydrogen (secondary N) is 1. The van der Waals surface area contributed by atoms with Crippen LogP contribution < -0.4 is 5.32 Å². The summed E-state index contributed by atoms with van der Waals surface area (Å²) < 4.78 is 36.5. The Balaban J connectivity index is 0.00000156. The van der Waals surface area contributed by atoms with Crippen molar-refractivity contribution >= 4 is 35.0 Å². The Hall–Kier alpha value is -1.22. The van der Waals surface area contributed by atoms with Crippen molar-refractivity contribution < 1.29 is 12.3 Å². The lowest BCUT2D eigenvalue weighted by Gasteiger charge is -2.09. The average Bonchev–Trinajstić information content (AvgIpc) is 3.18. The van der Waals surface area contributed by atoms with E-state index in [1.807, 2.05) is 0 Å². The Labute approximate surface area is 159 Å². The van der Waals surface area contributed by atoms with Crippen molar-refractivity contribution in [1.29, 1.82) is 0 Å². The van der Waals surface area contributed by atoms with Gasteiger partial charge in [0.1, 0.15) is 4.90 Å². The molecule has 10 heteroatoms. The molecule has 1 aliphatic rings. The van der Waals surface area contributed by atoms with Crippen molar-refractivity contribution in [3.05, 3.63) is 36.2 Å². The third kappa shape index (κ3) is 5.91. The van der Waals surface area contributed by atoms with Crippen LogP contribution in [0.4, 0.5) is 3.89 Å². The van der Waals surface area contributed by atoms with Crippen LogP contribution in [-0.2, 0) is 16.6 Å². The number of rotatable bonds is 6. The minimum absolute atomic E-state index is 0. The molecule has 1 aromatic carbocycles. The highest BCUT2D eigenvalue weighted by molar-refractivity contribution is 7.86. The van der Waals surface area contributed by atoms with Crippen LogP contribution in [0.5, 0.6) is 0 Å². The molecule has 140 valence electrons. The van der Waals surface area contributed by atoms with Crippen LogP contribution in [0.25, 0.3) is 5.69 Å². The maximum absolute atomic E-state index is 13.1. The molecule has 6 nitrogen and oxygen atoms in total. The van der Waals surface area contributed by atoms with E-state index in [2.05, 4.69) is 15.6 Å². The summed E-state index contributed by atoms with van der Waals surface area (Å²) in [7, 11) is -4.72. The molecule has 0 unspecified atom stereocenters. The number of hydrogen-bond donors (Lipinski definition) is 1. The largest absolute Gasteiger partial charge is 0.332 e. The van der Waals surface area contributed by atoms with Crippen molar-refractivity contribution in [2.45, 2.75) is 43.0 Å². The van der Waals surface area contributed by atoms with E-state index >= 15 is 0 Å². The molecule has 1 heterocycles. The Kier molecular flexibility index (Phi) is 8.27. The van der Waals surface area contributed by atoms with Gasteiger partial charge in [-0.05, 0) is 31.0 Å². The topological polar surface area (TPSA) is 76.9 Å². The minimum Gasteiger partial charge on any atom is -0.314 e. The lowest BCUT2D eigenvalue weighted by molar-refractivity contribution is 0.525. The molecule has 0 amide bonds. The molecule has 0 atom stereocenters. The van der Waals surface area contributed by atoms with Crippen molar-refractivity contribution in [2.75, 3.05) is 6.54 Å². The molecule has 0 bridgehead atoms. The monoisotopic (exact) mass is 410 g/mol. The van der Waals surface area contributed by atoms with Crippen molar-refractivity contribution in [1.82, 2.24) is 20.3 Å². The molecule has 1 saturated carbocycles. The van der Waals surface area contributed by atoms with E-state index < -0.39 is 10.2 Å². The van der Waals surface area contributed by atoms with Crippen LogP contribution in [0.3, 0.4) is 0 Å². The fourth-order valence-corrected chi connectivity index (χ4v) is 3.35. The first-order valence-electron chi connectivity index (χ1n) is 7.72. The van der Waals surface area contributed by atoms with Gasteiger partial charge in [-0.25, -0.2) is 4.68 Å². The summed E-state index contributed by atoms with van der Waals surface area (Å²) in [5, 5.41) is 11.6.